The Balaban J connectivity index is 1.86. The molecule has 1 N–H and O–H groups in total. The predicted molar refractivity (Wildman–Crippen MR) is 88.2 cm³/mol. The van der Waals surface area contributed by atoms with Crippen LogP contribution in [0.3, 0.4) is 0 Å². The van der Waals surface area contributed by atoms with Crippen molar-refractivity contribution in [3.63, 3.8) is 0 Å². The Bertz CT molecular complexity index is 696. The number of hydrogen-bond acceptors (Lipinski definition) is 4. The molecule has 0 unspecified atom stereocenters. The van der Waals surface area contributed by atoms with Gasteiger partial charge in [0, 0.05) is 17.5 Å². The second-order valence-electron chi connectivity index (χ2n) is 5.83. The molecule has 116 valence electrons. The molecule has 1 saturated heterocycles. The van der Waals surface area contributed by atoms with E-state index < -0.39 is 0 Å². The molecule has 1 aliphatic heterocycles. The molecule has 0 aliphatic carbocycles. The topological polar surface area (TPSA) is 53.4 Å². The van der Waals surface area contributed by atoms with Crippen molar-refractivity contribution in [3.05, 3.63) is 40.4 Å². The van der Waals surface area contributed by atoms with Crippen molar-refractivity contribution in [1.29, 1.82) is 0 Å². The number of carbonyl (C=O) groups excluding carboxylic acids is 1. The first-order valence-electron chi connectivity index (χ1n) is 7.55. The molecule has 0 bridgehead atoms. The molecule has 1 amide bonds. The number of aliphatic hydroxyl groups excluding tert-OH is 1. The van der Waals surface area contributed by atoms with Crippen LogP contribution in [-0.4, -0.2) is 40.1 Å². The molecule has 1 fully saturated rings. The number of carbonyl (C=O) groups is 1. The maximum Gasteiger partial charge on any atom is 0.273 e. The molecule has 2 aromatic rings. The Kier molecular flexibility index (Phi) is 4.27. The van der Waals surface area contributed by atoms with Gasteiger partial charge in [-0.2, -0.15) is 0 Å². The molecule has 1 aromatic carbocycles. The minimum absolute atomic E-state index is 0.0276. The van der Waals surface area contributed by atoms with Crippen molar-refractivity contribution in [2.45, 2.75) is 32.7 Å². The van der Waals surface area contributed by atoms with E-state index >= 15 is 0 Å². The summed E-state index contributed by atoms with van der Waals surface area (Å²) < 4.78 is 0. The van der Waals surface area contributed by atoms with Gasteiger partial charge in [0.25, 0.3) is 5.91 Å². The van der Waals surface area contributed by atoms with E-state index in [0.29, 0.717) is 12.2 Å². The van der Waals surface area contributed by atoms with Gasteiger partial charge < -0.3 is 10.0 Å². The first-order chi connectivity index (χ1) is 10.6. The molecule has 5 heteroatoms. The summed E-state index contributed by atoms with van der Waals surface area (Å²) in [5.74, 6) is -0.0659. The third-order valence-corrected chi connectivity index (χ3v) is 5.06. The summed E-state index contributed by atoms with van der Waals surface area (Å²) in [6.07, 6.45) is 1.82. The summed E-state index contributed by atoms with van der Waals surface area (Å²) in [5.41, 5.74) is 3.95. The van der Waals surface area contributed by atoms with Crippen LogP contribution < -0.4 is 0 Å². The van der Waals surface area contributed by atoms with E-state index in [-0.39, 0.29) is 18.6 Å². The molecular formula is C17H20N2O2S. The lowest BCUT2D eigenvalue weighted by Crippen LogP contribution is -2.37. The molecule has 0 spiro atoms. The molecule has 0 radical (unpaired) electrons. The van der Waals surface area contributed by atoms with Crippen LogP contribution in [0.1, 0.15) is 34.5 Å². The van der Waals surface area contributed by atoms with Gasteiger partial charge in [-0.15, -0.1) is 11.3 Å². The van der Waals surface area contributed by atoms with E-state index in [0.717, 1.165) is 23.4 Å². The van der Waals surface area contributed by atoms with Crippen LogP contribution in [0.5, 0.6) is 0 Å². The number of thiazole rings is 1. The van der Waals surface area contributed by atoms with Crippen molar-refractivity contribution >= 4 is 17.2 Å². The Morgan fingerprint density at radius 1 is 1.45 bits per heavy atom. The maximum atomic E-state index is 12.6. The zero-order valence-electron chi connectivity index (χ0n) is 12.9. The van der Waals surface area contributed by atoms with Gasteiger partial charge >= 0.3 is 0 Å². The predicted octanol–water partition coefficient (Wildman–Crippen LogP) is 3.02. The van der Waals surface area contributed by atoms with Gasteiger partial charge in [-0.25, -0.2) is 4.98 Å². The number of aromatic nitrogens is 1. The molecule has 22 heavy (non-hydrogen) atoms. The monoisotopic (exact) mass is 316 g/mol. The molecular weight excluding hydrogens is 296 g/mol. The van der Waals surface area contributed by atoms with E-state index in [1.807, 2.05) is 5.38 Å². The van der Waals surface area contributed by atoms with Gasteiger partial charge in [0.2, 0.25) is 0 Å². The summed E-state index contributed by atoms with van der Waals surface area (Å²) in [5, 5.41) is 12.1. The number of aryl methyl sites for hydroxylation is 2. The van der Waals surface area contributed by atoms with Crippen molar-refractivity contribution in [2.24, 2.45) is 0 Å². The van der Waals surface area contributed by atoms with Gasteiger partial charge in [-0.3, -0.25) is 4.79 Å². The fraction of sp³-hybridized carbons (Fsp3) is 0.412. The molecule has 1 aliphatic rings. The highest BCUT2D eigenvalue weighted by atomic mass is 32.1. The standard InChI is InChI=1S/C17H20N2O2S/c1-11-5-6-14(12(2)8-11)16-18-15(10-22-16)17(21)19-7-3-4-13(19)9-20/h5-6,8,10,13,20H,3-4,7,9H2,1-2H3/t13-/m1/s1. The zero-order chi connectivity index (χ0) is 15.7. The summed E-state index contributed by atoms with van der Waals surface area (Å²) in [4.78, 5) is 18.8. The van der Waals surface area contributed by atoms with Crippen LogP contribution in [0.15, 0.2) is 23.6 Å². The van der Waals surface area contributed by atoms with Crippen LogP contribution in [0.4, 0.5) is 0 Å². The van der Waals surface area contributed by atoms with Gasteiger partial charge in [-0.1, -0.05) is 23.8 Å². The van der Waals surface area contributed by atoms with Gasteiger partial charge in [0.15, 0.2) is 0 Å². The quantitative estimate of drug-likeness (QED) is 0.947. The number of likely N-dealkylation sites (tertiary alicyclic amines) is 1. The Morgan fingerprint density at radius 2 is 2.27 bits per heavy atom. The Morgan fingerprint density at radius 3 is 3.00 bits per heavy atom. The highest BCUT2D eigenvalue weighted by Crippen LogP contribution is 2.29. The van der Waals surface area contributed by atoms with Crippen molar-refractivity contribution in [2.75, 3.05) is 13.2 Å². The highest BCUT2D eigenvalue weighted by Gasteiger charge is 2.30. The first kappa shape index (κ1) is 15.2. The number of nitrogens with zero attached hydrogens (tertiary/aromatic N) is 2. The van der Waals surface area contributed by atoms with Crippen LogP contribution >= 0.6 is 11.3 Å². The molecule has 1 aromatic heterocycles. The summed E-state index contributed by atoms with van der Waals surface area (Å²) in [6, 6.07) is 6.19. The van der Waals surface area contributed by atoms with Crippen molar-refractivity contribution in [1.82, 2.24) is 9.88 Å². The second-order valence-corrected chi connectivity index (χ2v) is 6.69. The van der Waals surface area contributed by atoms with E-state index in [9.17, 15) is 9.90 Å². The fourth-order valence-corrected chi connectivity index (χ4v) is 3.87. The van der Waals surface area contributed by atoms with Crippen molar-refractivity contribution < 1.29 is 9.90 Å². The van der Waals surface area contributed by atoms with E-state index in [1.165, 1.54) is 22.5 Å². The van der Waals surface area contributed by atoms with E-state index in [2.05, 4.69) is 37.0 Å². The number of amides is 1. The fourth-order valence-electron chi connectivity index (χ4n) is 2.99. The molecule has 0 saturated carbocycles. The average molecular weight is 316 g/mol. The number of benzene rings is 1. The second kappa shape index (κ2) is 6.18. The maximum absolute atomic E-state index is 12.6. The SMILES string of the molecule is Cc1ccc(-c2nc(C(=O)N3CCC[C@@H]3CO)cs2)c(C)c1. The summed E-state index contributed by atoms with van der Waals surface area (Å²) in [7, 11) is 0. The first-order valence-corrected chi connectivity index (χ1v) is 8.43. The Hall–Kier alpha value is -1.72. The molecule has 2 heterocycles. The highest BCUT2D eigenvalue weighted by molar-refractivity contribution is 7.13. The van der Waals surface area contributed by atoms with Crippen LogP contribution in [0.25, 0.3) is 10.6 Å². The average Bonchev–Trinajstić information content (AvgIpc) is 3.15. The van der Waals surface area contributed by atoms with Crippen LogP contribution in [-0.2, 0) is 0 Å². The Labute approximate surface area is 134 Å². The largest absolute Gasteiger partial charge is 0.394 e. The lowest BCUT2D eigenvalue weighted by Gasteiger charge is -2.21. The molecule has 4 nitrogen and oxygen atoms in total. The lowest BCUT2D eigenvalue weighted by atomic mass is 10.1. The van der Waals surface area contributed by atoms with Gasteiger partial charge in [0.1, 0.15) is 10.7 Å². The van der Waals surface area contributed by atoms with E-state index in [4.69, 9.17) is 0 Å². The van der Waals surface area contributed by atoms with Crippen LogP contribution in [0, 0.1) is 13.8 Å². The number of aliphatic hydroxyl groups is 1. The zero-order valence-corrected chi connectivity index (χ0v) is 13.7. The number of hydrogen-bond donors (Lipinski definition) is 1. The van der Waals surface area contributed by atoms with Gasteiger partial charge in [-0.05, 0) is 32.3 Å². The number of rotatable bonds is 3. The smallest absolute Gasteiger partial charge is 0.273 e. The summed E-state index contributed by atoms with van der Waals surface area (Å²) >= 11 is 1.50. The minimum Gasteiger partial charge on any atom is -0.394 e. The molecule has 1 atom stereocenters. The minimum atomic E-state index is -0.0659. The lowest BCUT2D eigenvalue weighted by molar-refractivity contribution is 0.0672. The van der Waals surface area contributed by atoms with E-state index in [1.54, 1.807) is 4.90 Å². The summed E-state index contributed by atoms with van der Waals surface area (Å²) in [6.45, 7) is 4.86. The molecule has 3 rings (SSSR count). The van der Waals surface area contributed by atoms with Crippen molar-refractivity contribution in [3.8, 4) is 10.6 Å². The van der Waals surface area contributed by atoms with Crippen LogP contribution in [0.2, 0.25) is 0 Å². The third kappa shape index (κ3) is 2.78. The normalized spacial score (nSPS) is 18.0. The van der Waals surface area contributed by atoms with Gasteiger partial charge in [0.05, 0.1) is 12.6 Å². The third-order valence-electron chi connectivity index (χ3n) is 4.18.